The lowest BCUT2D eigenvalue weighted by Crippen LogP contribution is -2.30. The van der Waals surface area contributed by atoms with Crippen molar-refractivity contribution in [1.29, 1.82) is 0 Å². The van der Waals surface area contributed by atoms with Crippen LogP contribution in [0.2, 0.25) is 5.02 Å². The minimum absolute atomic E-state index is 0.172. The third-order valence-electron chi connectivity index (χ3n) is 4.40. The number of benzene rings is 3. The normalized spacial score (nSPS) is 14.9. The SMILES string of the molecule is O=C1N/C(=C/c2ccccc2OCc2ccccc2)C(=O)N1c1cccc(Cl)c1. The molecule has 5 nitrogen and oxygen atoms in total. The summed E-state index contributed by atoms with van der Waals surface area (Å²) >= 11 is 5.99. The van der Waals surface area contributed by atoms with Gasteiger partial charge in [0.1, 0.15) is 18.1 Å². The van der Waals surface area contributed by atoms with Crippen LogP contribution in [0.5, 0.6) is 5.75 Å². The Hall–Kier alpha value is -3.57. The van der Waals surface area contributed by atoms with Gasteiger partial charge in [0.15, 0.2) is 0 Å². The fourth-order valence-electron chi connectivity index (χ4n) is 3.01. The van der Waals surface area contributed by atoms with Gasteiger partial charge >= 0.3 is 6.03 Å². The minimum atomic E-state index is -0.522. The molecule has 0 spiro atoms. The Morgan fingerprint density at radius 3 is 2.48 bits per heavy atom. The van der Waals surface area contributed by atoms with Crippen LogP contribution in [0.1, 0.15) is 11.1 Å². The van der Waals surface area contributed by atoms with Gasteiger partial charge in [0.05, 0.1) is 5.69 Å². The van der Waals surface area contributed by atoms with Crippen LogP contribution in [0.25, 0.3) is 6.08 Å². The van der Waals surface area contributed by atoms with Crippen LogP contribution in [-0.2, 0) is 11.4 Å². The number of urea groups is 1. The molecule has 144 valence electrons. The molecule has 4 rings (SSSR count). The zero-order valence-corrected chi connectivity index (χ0v) is 16.1. The van der Waals surface area contributed by atoms with Gasteiger partial charge in [-0.05, 0) is 35.9 Å². The number of carbonyl (C=O) groups excluding carboxylic acids is 2. The number of ether oxygens (including phenoxy) is 1. The zero-order valence-electron chi connectivity index (χ0n) is 15.3. The number of para-hydroxylation sites is 1. The third-order valence-corrected chi connectivity index (χ3v) is 4.64. The minimum Gasteiger partial charge on any atom is -0.488 e. The van der Waals surface area contributed by atoms with Gasteiger partial charge in [-0.1, -0.05) is 66.2 Å². The fraction of sp³-hybridized carbons (Fsp3) is 0.0435. The van der Waals surface area contributed by atoms with Gasteiger partial charge in [0.2, 0.25) is 0 Å². The number of hydrogen-bond donors (Lipinski definition) is 1. The van der Waals surface area contributed by atoms with Crippen molar-refractivity contribution < 1.29 is 14.3 Å². The molecule has 0 bridgehead atoms. The van der Waals surface area contributed by atoms with E-state index >= 15 is 0 Å². The lowest BCUT2D eigenvalue weighted by Gasteiger charge is -2.12. The van der Waals surface area contributed by atoms with Crippen molar-refractivity contribution in [2.45, 2.75) is 6.61 Å². The van der Waals surface area contributed by atoms with E-state index in [1.807, 2.05) is 54.6 Å². The monoisotopic (exact) mass is 404 g/mol. The second-order valence-electron chi connectivity index (χ2n) is 6.42. The average molecular weight is 405 g/mol. The maximum absolute atomic E-state index is 12.8. The molecule has 6 heteroatoms. The molecule has 1 N–H and O–H groups in total. The van der Waals surface area contributed by atoms with Crippen molar-refractivity contribution in [3.8, 4) is 5.75 Å². The molecule has 3 aromatic rings. The topological polar surface area (TPSA) is 58.6 Å². The second-order valence-corrected chi connectivity index (χ2v) is 6.86. The first kappa shape index (κ1) is 18.8. The Labute approximate surface area is 173 Å². The predicted octanol–water partition coefficient (Wildman–Crippen LogP) is 5.02. The molecule has 0 radical (unpaired) electrons. The Balaban J connectivity index is 1.58. The first-order valence-corrected chi connectivity index (χ1v) is 9.38. The molecular formula is C23H17ClN2O3. The van der Waals surface area contributed by atoms with Crippen LogP contribution in [0.15, 0.2) is 84.6 Å². The maximum Gasteiger partial charge on any atom is 0.333 e. The molecule has 1 fully saturated rings. The van der Waals surface area contributed by atoms with E-state index in [1.54, 1.807) is 30.3 Å². The standard InChI is InChI=1S/C23H17ClN2O3/c24-18-10-6-11-19(14-18)26-22(27)20(25-23(26)28)13-17-9-4-5-12-21(17)29-15-16-7-2-1-3-8-16/h1-14H,15H2,(H,25,28)/b20-13+. The summed E-state index contributed by atoms with van der Waals surface area (Å²) in [6.07, 6.45) is 1.62. The van der Waals surface area contributed by atoms with E-state index in [0.717, 1.165) is 10.5 Å². The van der Waals surface area contributed by atoms with Crippen LogP contribution in [0.3, 0.4) is 0 Å². The van der Waals surface area contributed by atoms with Crippen LogP contribution in [-0.4, -0.2) is 11.9 Å². The predicted molar refractivity (Wildman–Crippen MR) is 113 cm³/mol. The van der Waals surface area contributed by atoms with Crippen LogP contribution in [0, 0.1) is 0 Å². The molecule has 1 aliphatic rings. The van der Waals surface area contributed by atoms with Crippen LogP contribution < -0.4 is 15.0 Å². The van der Waals surface area contributed by atoms with E-state index in [-0.39, 0.29) is 5.70 Å². The Morgan fingerprint density at radius 2 is 1.69 bits per heavy atom. The van der Waals surface area contributed by atoms with Crippen molar-refractivity contribution in [3.63, 3.8) is 0 Å². The number of nitrogens with one attached hydrogen (secondary N) is 1. The van der Waals surface area contributed by atoms with E-state index in [1.165, 1.54) is 0 Å². The molecule has 3 aromatic carbocycles. The number of hydrogen-bond acceptors (Lipinski definition) is 3. The summed E-state index contributed by atoms with van der Waals surface area (Å²) in [5, 5.41) is 3.07. The highest BCUT2D eigenvalue weighted by Gasteiger charge is 2.35. The quantitative estimate of drug-likeness (QED) is 0.480. The van der Waals surface area contributed by atoms with Gasteiger partial charge in [0.25, 0.3) is 5.91 Å². The largest absolute Gasteiger partial charge is 0.488 e. The molecule has 3 amide bonds. The second kappa shape index (κ2) is 8.20. The number of anilines is 1. The maximum atomic E-state index is 12.8. The van der Waals surface area contributed by atoms with Crippen LogP contribution in [0.4, 0.5) is 10.5 Å². The number of amides is 3. The van der Waals surface area contributed by atoms with Crippen molar-refractivity contribution in [2.75, 3.05) is 4.90 Å². The van der Waals surface area contributed by atoms with E-state index in [4.69, 9.17) is 16.3 Å². The molecule has 1 saturated heterocycles. The highest BCUT2D eigenvalue weighted by molar-refractivity contribution is 6.32. The van der Waals surface area contributed by atoms with Gasteiger partial charge in [-0.3, -0.25) is 4.79 Å². The Kier molecular flexibility index (Phi) is 5.31. The lowest BCUT2D eigenvalue weighted by atomic mass is 10.1. The molecule has 29 heavy (non-hydrogen) atoms. The summed E-state index contributed by atoms with van der Waals surface area (Å²) in [6, 6.07) is 23.2. The number of carbonyl (C=O) groups is 2. The molecule has 1 aliphatic heterocycles. The summed E-state index contributed by atoms with van der Waals surface area (Å²) in [5.74, 6) is 0.169. The molecule has 1 heterocycles. The zero-order chi connectivity index (χ0) is 20.2. The highest BCUT2D eigenvalue weighted by Crippen LogP contribution is 2.27. The first-order valence-electron chi connectivity index (χ1n) is 9.00. The van der Waals surface area contributed by atoms with Gasteiger partial charge < -0.3 is 10.1 Å². The molecule has 0 aromatic heterocycles. The van der Waals surface area contributed by atoms with Crippen molar-refractivity contribution in [2.24, 2.45) is 0 Å². The van der Waals surface area contributed by atoms with E-state index in [0.29, 0.717) is 28.6 Å². The fourth-order valence-corrected chi connectivity index (χ4v) is 3.19. The van der Waals surface area contributed by atoms with Gasteiger partial charge in [-0.25, -0.2) is 9.69 Å². The summed E-state index contributed by atoms with van der Waals surface area (Å²) in [4.78, 5) is 26.2. The van der Waals surface area contributed by atoms with E-state index < -0.39 is 11.9 Å². The average Bonchev–Trinajstić information content (AvgIpc) is 3.01. The number of rotatable bonds is 5. The Bertz CT molecular complexity index is 1100. The van der Waals surface area contributed by atoms with Crippen molar-refractivity contribution in [1.82, 2.24) is 5.32 Å². The number of imide groups is 1. The number of nitrogens with zero attached hydrogens (tertiary/aromatic N) is 1. The van der Waals surface area contributed by atoms with Crippen molar-refractivity contribution >= 4 is 35.3 Å². The van der Waals surface area contributed by atoms with E-state index in [9.17, 15) is 9.59 Å². The van der Waals surface area contributed by atoms with Crippen LogP contribution >= 0.6 is 11.6 Å². The molecule has 0 aliphatic carbocycles. The first-order chi connectivity index (χ1) is 14.1. The summed E-state index contributed by atoms with van der Waals surface area (Å²) in [5.41, 5.74) is 2.31. The molecule has 0 saturated carbocycles. The van der Waals surface area contributed by atoms with Gasteiger partial charge in [-0.2, -0.15) is 0 Å². The van der Waals surface area contributed by atoms with Crippen molar-refractivity contribution in [3.05, 3.63) is 101 Å². The summed E-state index contributed by atoms with van der Waals surface area (Å²) < 4.78 is 5.92. The van der Waals surface area contributed by atoms with E-state index in [2.05, 4.69) is 5.32 Å². The smallest absolute Gasteiger partial charge is 0.333 e. The molecule has 0 unspecified atom stereocenters. The summed E-state index contributed by atoms with van der Waals surface area (Å²) in [6.45, 7) is 0.399. The summed E-state index contributed by atoms with van der Waals surface area (Å²) in [7, 11) is 0. The Morgan fingerprint density at radius 1 is 0.931 bits per heavy atom. The number of halogens is 1. The highest BCUT2D eigenvalue weighted by atomic mass is 35.5. The molecule has 0 atom stereocenters. The van der Waals surface area contributed by atoms with Gasteiger partial charge in [-0.15, -0.1) is 0 Å². The third kappa shape index (κ3) is 4.15. The lowest BCUT2D eigenvalue weighted by molar-refractivity contribution is -0.113. The molecular weight excluding hydrogens is 388 g/mol. The van der Waals surface area contributed by atoms with Gasteiger partial charge in [0, 0.05) is 10.6 Å².